The molecule has 0 atom stereocenters. The van der Waals surface area contributed by atoms with Crippen LogP contribution >= 0.6 is 12.4 Å². The molecule has 5 nitrogen and oxygen atoms in total. The van der Waals surface area contributed by atoms with Crippen LogP contribution in [0.3, 0.4) is 0 Å². The second-order valence-corrected chi connectivity index (χ2v) is 7.70. The molecule has 0 aromatic heterocycles. The first-order valence-corrected chi connectivity index (χ1v) is 10.2. The number of piperidine rings is 1. The normalized spacial score (nSPS) is 17.6. The molecule has 0 aliphatic carbocycles. The lowest BCUT2D eigenvalue weighted by Crippen LogP contribution is -2.44. The van der Waals surface area contributed by atoms with Crippen molar-refractivity contribution in [3.8, 4) is 17.2 Å². The number of ether oxygens (including phenoxy) is 2. The monoisotopic (exact) mass is 416 g/mol. The van der Waals surface area contributed by atoms with Gasteiger partial charge < -0.3 is 19.7 Å². The summed E-state index contributed by atoms with van der Waals surface area (Å²) in [5.74, 6) is 1.92. The van der Waals surface area contributed by atoms with Crippen molar-refractivity contribution in [3.63, 3.8) is 0 Å². The van der Waals surface area contributed by atoms with E-state index in [-0.39, 0.29) is 18.3 Å². The number of amides is 1. The summed E-state index contributed by atoms with van der Waals surface area (Å²) >= 11 is 0. The van der Waals surface area contributed by atoms with Crippen LogP contribution in [-0.4, -0.2) is 43.6 Å². The zero-order chi connectivity index (χ0) is 19.4. The predicted octanol–water partition coefficient (Wildman–Crippen LogP) is 4.52. The number of likely N-dealkylation sites (tertiary alicyclic amines) is 1. The first-order valence-electron chi connectivity index (χ1n) is 10.2. The van der Waals surface area contributed by atoms with E-state index in [0.29, 0.717) is 34.8 Å². The highest BCUT2D eigenvalue weighted by molar-refractivity contribution is 5.97. The highest BCUT2D eigenvalue weighted by Crippen LogP contribution is 2.38. The number of benzene rings is 2. The Morgan fingerprint density at radius 2 is 1.66 bits per heavy atom. The van der Waals surface area contributed by atoms with Gasteiger partial charge in [0.05, 0.1) is 12.2 Å². The molecule has 2 aromatic rings. The number of halogens is 1. The number of nitrogens with one attached hydrogen (secondary N) is 1. The van der Waals surface area contributed by atoms with E-state index in [2.05, 4.69) is 5.32 Å². The number of rotatable bonds is 5. The minimum atomic E-state index is 0. The molecule has 2 aliphatic heterocycles. The third-order valence-electron chi connectivity index (χ3n) is 5.93. The summed E-state index contributed by atoms with van der Waals surface area (Å²) in [6.07, 6.45) is 3.37. The molecule has 6 heteroatoms. The van der Waals surface area contributed by atoms with E-state index in [1.807, 2.05) is 60.4 Å². The zero-order valence-corrected chi connectivity index (χ0v) is 17.7. The number of carbonyl (C=O) groups excluding carboxylic acids is 1. The van der Waals surface area contributed by atoms with Gasteiger partial charge in [-0.05, 0) is 62.4 Å². The Hall–Kier alpha value is -2.24. The lowest BCUT2D eigenvalue weighted by Gasteiger charge is -2.39. The van der Waals surface area contributed by atoms with Gasteiger partial charge >= 0.3 is 0 Å². The molecule has 29 heavy (non-hydrogen) atoms. The summed E-state index contributed by atoms with van der Waals surface area (Å²) in [5, 5.41) is 3.48. The molecule has 1 amide bonds. The Bertz CT molecular complexity index is 826. The molecule has 156 valence electrons. The molecule has 2 aromatic carbocycles. The first-order chi connectivity index (χ1) is 13.7. The molecule has 2 fully saturated rings. The summed E-state index contributed by atoms with van der Waals surface area (Å²) in [6, 6.07) is 15.0. The summed E-state index contributed by atoms with van der Waals surface area (Å²) < 4.78 is 11.8. The summed E-state index contributed by atoms with van der Waals surface area (Å²) in [6.45, 7) is 6.31. The second-order valence-electron chi connectivity index (χ2n) is 7.70. The Balaban J connectivity index is 0.00000240. The van der Waals surface area contributed by atoms with Gasteiger partial charge in [-0.25, -0.2) is 0 Å². The van der Waals surface area contributed by atoms with Crippen LogP contribution in [0.1, 0.15) is 36.5 Å². The van der Waals surface area contributed by atoms with Gasteiger partial charge in [0.1, 0.15) is 5.75 Å². The topological polar surface area (TPSA) is 50.8 Å². The maximum absolute atomic E-state index is 13.2. The standard InChI is InChI=1S/C23H28N2O3.ClH/c1-2-27-20-9-5-6-10-21(20)28-19-8-4-3-7-18(19)22(26)25-15-12-23(13-16-25)11-14-24-17-23;/h3-10,24H,2,11-17H2,1H3;1H. The quantitative estimate of drug-likeness (QED) is 0.778. The molecule has 4 rings (SSSR count). The van der Waals surface area contributed by atoms with Crippen LogP contribution in [0.5, 0.6) is 17.2 Å². The Labute approximate surface area is 178 Å². The molecule has 0 radical (unpaired) electrons. The van der Waals surface area contributed by atoms with E-state index >= 15 is 0 Å². The number of nitrogens with zero attached hydrogens (tertiary/aromatic N) is 1. The molecule has 1 N–H and O–H groups in total. The molecule has 2 heterocycles. The van der Waals surface area contributed by atoms with Gasteiger partial charge in [0.15, 0.2) is 11.5 Å². The number of carbonyl (C=O) groups is 1. The van der Waals surface area contributed by atoms with Crippen molar-refractivity contribution in [2.75, 3.05) is 32.8 Å². The van der Waals surface area contributed by atoms with Crippen molar-refractivity contribution < 1.29 is 14.3 Å². The Morgan fingerprint density at radius 1 is 1.00 bits per heavy atom. The van der Waals surface area contributed by atoms with Gasteiger partial charge in [-0.1, -0.05) is 24.3 Å². The maximum Gasteiger partial charge on any atom is 0.257 e. The van der Waals surface area contributed by atoms with E-state index in [1.54, 1.807) is 0 Å². The van der Waals surface area contributed by atoms with Gasteiger partial charge in [0, 0.05) is 19.6 Å². The average molecular weight is 417 g/mol. The highest BCUT2D eigenvalue weighted by Gasteiger charge is 2.38. The van der Waals surface area contributed by atoms with Gasteiger partial charge in [-0.15, -0.1) is 12.4 Å². The molecule has 2 saturated heterocycles. The Morgan fingerprint density at radius 3 is 2.31 bits per heavy atom. The molecule has 1 spiro atoms. The van der Waals surface area contributed by atoms with Crippen molar-refractivity contribution in [2.45, 2.75) is 26.2 Å². The number of para-hydroxylation sites is 3. The Kier molecular flexibility index (Phi) is 7.04. The van der Waals surface area contributed by atoms with Crippen molar-refractivity contribution >= 4 is 18.3 Å². The van der Waals surface area contributed by atoms with Gasteiger partial charge in [0.25, 0.3) is 5.91 Å². The minimum absolute atomic E-state index is 0. The lowest BCUT2D eigenvalue weighted by atomic mass is 9.78. The van der Waals surface area contributed by atoms with Crippen LogP contribution in [0.2, 0.25) is 0 Å². The predicted molar refractivity (Wildman–Crippen MR) is 116 cm³/mol. The number of hydrogen-bond donors (Lipinski definition) is 1. The third-order valence-corrected chi connectivity index (χ3v) is 5.93. The first kappa shape index (κ1) is 21.5. The molecule has 0 bridgehead atoms. The van der Waals surface area contributed by atoms with E-state index in [0.717, 1.165) is 39.0 Å². The van der Waals surface area contributed by atoms with E-state index < -0.39 is 0 Å². The van der Waals surface area contributed by atoms with E-state index in [4.69, 9.17) is 9.47 Å². The largest absolute Gasteiger partial charge is 0.490 e. The number of hydrogen-bond acceptors (Lipinski definition) is 4. The van der Waals surface area contributed by atoms with E-state index in [1.165, 1.54) is 6.42 Å². The summed E-state index contributed by atoms with van der Waals surface area (Å²) in [5.41, 5.74) is 0.998. The van der Waals surface area contributed by atoms with Crippen LogP contribution in [0.4, 0.5) is 0 Å². The summed E-state index contributed by atoms with van der Waals surface area (Å²) in [4.78, 5) is 15.2. The fourth-order valence-electron chi connectivity index (χ4n) is 4.24. The molecule has 2 aliphatic rings. The van der Waals surface area contributed by atoms with Crippen LogP contribution in [0.25, 0.3) is 0 Å². The smallest absolute Gasteiger partial charge is 0.257 e. The molecule has 0 unspecified atom stereocenters. The summed E-state index contributed by atoms with van der Waals surface area (Å²) in [7, 11) is 0. The van der Waals surface area contributed by atoms with Crippen LogP contribution in [-0.2, 0) is 0 Å². The van der Waals surface area contributed by atoms with Gasteiger partial charge in [-0.2, -0.15) is 0 Å². The van der Waals surface area contributed by atoms with Crippen LogP contribution in [0, 0.1) is 5.41 Å². The molecule has 0 saturated carbocycles. The van der Waals surface area contributed by atoms with E-state index in [9.17, 15) is 4.79 Å². The van der Waals surface area contributed by atoms with Crippen molar-refractivity contribution in [3.05, 3.63) is 54.1 Å². The third kappa shape index (κ3) is 4.68. The maximum atomic E-state index is 13.2. The van der Waals surface area contributed by atoms with Gasteiger partial charge in [0.2, 0.25) is 0 Å². The van der Waals surface area contributed by atoms with Crippen LogP contribution < -0.4 is 14.8 Å². The second kappa shape index (κ2) is 9.51. The average Bonchev–Trinajstić information content (AvgIpc) is 3.18. The SMILES string of the molecule is CCOc1ccccc1Oc1ccccc1C(=O)N1CCC2(CCNC2)CC1.Cl. The molecular formula is C23H29ClN2O3. The van der Waals surface area contributed by atoms with Crippen molar-refractivity contribution in [1.29, 1.82) is 0 Å². The highest BCUT2D eigenvalue weighted by atomic mass is 35.5. The zero-order valence-electron chi connectivity index (χ0n) is 16.9. The van der Waals surface area contributed by atoms with Crippen molar-refractivity contribution in [2.24, 2.45) is 5.41 Å². The van der Waals surface area contributed by atoms with Crippen LogP contribution in [0.15, 0.2) is 48.5 Å². The van der Waals surface area contributed by atoms with Crippen molar-refractivity contribution in [1.82, 2.24) is 10.2 Å². The fraction of sp³-hybridized carbons (Fsp3) is 0.435. The van der Waals surface area contributed by atoms with Gasteiger partial charge in [-0.3, -0.25) is 4.79 Å². The minimum Gasteiger partial charge on any atom is -0.490 e. The fourth-order valence-corrected chi connectivity index (χ4v) is 4.24. The molecular weight excluding hydrogens is 388 g/mol. The lowest BCUT2D eigenvalue weighted by molar-refractivity contribution is 0.0605.